The van der Waals surface area contributed by atoms with Crippen LogP contribution in [-0.4, -0.2) is 14.9 Å². The Bertz CT molecular complexity index is 433. The maximum absolute atomic E-state index is 8.91. The highest BCUT2D eigenvalue weighted by atomic mass is 16.3. The van der Waals surface area contributed by atoms with Gasteiger partial charge in [-0.3, -0.25) is 0 Å². The first-order valence-electron chi connectivity index (χ1n) is 4.77. The highest BCUT2D eigenvalue weighted by Crippen LogP contribution is 2.09. The van der Waals surface area contributed by atoms with E-state index in [1.165, 1.54) is 0 Å². The van der Waals surface area contributed by atoms with Gasteiger partial charge in [0.2, 0.25) is 0 Å². The van der Waals surface area contributed by atoms with Crippen molar-refractivity contribution < 1.29 is 5.11 Å². The highest BCUT2D eigenvalue weighted by molar-refractivity contribution is 5.34. The van der Waals surface area contributed by atoms with E-state index in [1.807, 2.05) is 24.3 Å². The molecule has 0 fully saturated rings. The Morgan fingerprint density at radius 1 is 1.20 bits per heavy atom. The van der Waals surface area contributed by atoms with E-state index in [1.54, 1.807) is 17.1 Å². The minimum Gasteiger partial charge on any atom is -0.392 e. The third-order valence-electron chi connectivity index (χ3n) is 2.26. The van der Waals surface area contributed by atoms with Crippen LogP contribution in [0.15, 0.2) is 36.7 Å². The lowest BCUT2D eigenvalue weighted by atomic mass is 10.2. The summed E-state index contributed by atoms with van der Waals surface area (Å²) in [6.45, 7) is 0.558. The summed E-state index contributed by atoms with van der Waals surface area (Å²) in [7, 11) is 0. The van der Waals surface area contributed by atoms with Gasteiger partial charge in [-0.25, -0.2) is 4.68 Å². The number of nitrogens with zero attached hydrogens (tertiary/aromatic N) is 2. The SMILES string of the molecule is NCc1ccc(-n2cc(CO)cn2)cc1. The quantitative estimate of drug-likeness (QED) is 0.776. The molecule has 0 bridgehead atoms. The molecule has 0 aliphatic carbocycles. The van der Waals surface area contributed by atoms with Gasteiger partial charge in [0, 0.05) is 18.3 Å². The molecule has 15 heavy (non-hydrogen) atoms. The van der Waals surface area contributed by atoms with E-state index in [0.29, 0.717) is 6.54 Å². The number of aliphatic hydroxyl groups excluding tert-OH is 1. The first-order chi connectivity index (χ1) is 7.33. The molecule has 0 aliphatic heterocycles. The van der Waals surface area contributed by atoms with Crippen molar-refractivity contribution in [2.45, 2.75) is 13.2 Å². The highest BCUT2D eigenvalue weighted by Gasteiger charge is 1.99. The van der Waals surface area contributed by atoms with Gasteiger partial charge in [-0.2, -0.15) is 5.10 Å². The molecule has 0 aliphatic rings. The Morgan fingerprint density at radius 3 is 2.47 bits per heavy atom. The molecule has 1 aromatic heterocycles. The Labute approximate surface area is 88.0 Å². The minimum atomic E-state index is 0.0148. The van der Waals surface area contributed by atoms with E-state index in [0.717, 1.165) is 16.8 Å². The fourth-order valence-electron chi connectivity index (χ4n) is 1.37. The fraction of sp³-hybridized carbons (Fsp3) is 0.182. The number of aromatic nitrogens is 2. The first kappa shape index (κ1) is 9.89. The first-order valence-corrected chi connectivity index (χ1v) is 4.77. The summed E-state index contributed by atoms with van der Waals surface area (Å²) in [5.41, 5.74) is 8.37. The maximum Gasteiger partial charge on any atom is 0.0712 e. The molecule has 0 atom stereocenters. The minimum absolute atomic E-state index is 0.0148. The molecular weight excluding hydrogens is 190 g/mol. The van der Waals surface area contributed by atoms with Gasteiger partial charge < -0.3 is 10.8 Å². The van der Waals surface area contributed by atoms with Crippen LogP contribution in [0.3, 0.4) is 0 Å². The molecule has 4 heteroatoms. The van der Waals surface area contributed by atoms with Crippen LogP contribution in [0.1, 0.15) is 11.1 Å². The lowest BCUT2D eigenvalue weighted by Gasteiger charge is -2.02. The molecule has 78 valence electrons. The Hall–Kier alpha value is -1.65. The summed E-state index contributed by atoms with van der Waals surface area (Å²) >= 11 is 0. The van der Waals surface area contributed by atoms with Crippen LogP contribution in [0.2, 0.25) is 0 Å². The zero-order valence-electron chi connectivity index (χ0n) is 8.30. The van der Waals surface area contributed by atoms with Gasteiger partial charge in [0.25, 0.3) is 0 Å². The number of aliphatic hydroxyl groups is 1. The molecule has 2 rings (SSSR count). The average Bonchev–Trinajstić information content (AvgIpc) is 2.78. The average molecular weight is 203 g/mol. The zero-order valence-corrected chi connectivity index (χ0v) is 8.30. The van der Waals surface area contributed by atoms with E-state index in [2.05, 4.69) is 5.10 Å². The number of rotatable bonds is 3. The molecule has 0 radical (unpaired) electrons. The van der Waals surface area contributed by atoms with Crippen LogP contribution >= 0.6 is 0 Å². The normalized spacial score (nSPS) is 10.5. The van der Waals surface area contributed by atoms with Crippen molar-refractivity contribution >= 4 is 0 Å². The maximum atomic E-state index is 8.91. The Balaban J connectivity index is 2.28. The summed E-state index contributed by atoms with van der Waals surface area (Å²) in [6, 6.07) is 7.85. The van der Waals surface area contributed by atoms with Gasteiger partial charge in [0.1, 0.15) is 0 Å². The molecule has 0 spiro atoms. The van der Waals surface area contributed by atoms with Gasteiger partial charge in [-0.15, -0.1) is 0 Å². The van der Waals surface area contributed by atoms with E-state index >= 15 is 0 Å². The van der Waals surface area contributed by atoms with Crippen LogP contribution < -0.4 is 5.73 Å². The standard InChI is InChI=1S/C11H13N3O/c12-5-9-1-3-11(4-2-9)14-7-10(8-15)6-13-14/h1-4,6-7,15H,5,8,12H2. The van der Waals surface area contributed by atoms with Crippen molar-refractivity contribution in [3.05, 3.63) is 47.8 Å². The topological polar surface area (TPSA) is 64.1 Å². The van der Waals surface area contributed by atoms with Crippen LogP contribution in [0.5, 0.6) is 0 Å². The second-order valence-corrected chi connectivity index (χ2v) is 3.32. The zero-order chi connectivity index (χ0) is 10.7. The molecule has 1 heterocycles. The molecular formula is C11H13N3O. The number of benzene rings is 1. The van der Waals surface area contributed by atoms with E-state index in [9.17, 15) is 0 Å². The summed E-state index contributed by atoms with van der Waals surface area (Å²) in [6.07, 6.45) is 3.45. The van der Waals surface area contributed by atoms with Crippen molar-refractivity contribution in [3.8, 4) is 5.69 Å². The number of nitrogens with two attached hydrogens (primary N) is 1. The van der Waals surface area contributed by atoms with E-state index in [4.69, 9.17) is 10.8 Å². The summed E-state index contributed by atoms with van der Waals surface area (Å²) in [5, 5.41) is 13.0. The Kier molecular flexibility index (Phi) is 2.80. The van der Waals surface area contributed by atoms with Crippen LogP contribution in [0, 0.1) is 0 Å². The molecule has 1 aromatic carbocycles. The molecule has 0 saturated heterocycles. The number of hydrogen-bond donors (Lipinski definition) is 2. The lowest BCUT2D eigenvalue weighted by Crippen LogP contribution is -1.98. The third-order valence-corrected chi connectivity index (χ3v) is 2.26. The van der Waals surface area contributed by atoms with Gasteiger partial charge in [-0.1, -0.05) is 12.1 Å². The van der Waals surface area contributed by atoms with Crippen molar-refractivity contribution in [3.63, 3.8) is 0 Å². The lowest BCUT2D eigenvalue weighted by molar-refractivity contribution is 0.282. The summed E-state index contributed by atoms with van der Waals surface area (Å²) < 4.78 is 1.73. The Morgan fingerprint density at radius 2 is 1.93 bits per heavy atom. The van der Waals surface area contributed by atoms with Crippen molar-refractivity contribution in [1.29, 1.82) is 0 Å². The van der Waals surface area contributed by atoms with Crippen molar-refractivity contribution in [1.82, 2.24) is 9.78 Å². The third kappa shape index (κ3) is 2.06. The molecule has 3 N–H and O–H groups in total. The van der Waals surface area contributed by atoms with Crippen LogP contribution in [-0.2, 0) is 13.2 Å². The van der Waals surface area contributed by atoms with Gasteiger partial charge >= 0.3 is 0 Å². The van der Waals surface area contributed by atoms with E-state index in [-0.39, 0.29) is 6.61 Å². The molecule has 4 nitrogen and oxygen atoms in total. The molecule has 2 aromatic rings. The monoisotopic (exact) mass is 203 g/mol. The van der Waals surface area contributed by atoms with Crippen LogP contribution in [0.4, 0.5) is 0 Å². The predicted octanol–water partition coefficient (Wildman–Crippen LogP) is 0.823. The van der Waals surface area contributed by atoms with E-state index < -0.39 is 0 Å². The van der Waals surface area contributed by atoms with Crippen molar-refractivity contribution in [2.24, 2.45) is 5.73 Å². The number of hydrogen-bond acceptors (Lipinski definition) is 3. The van der Waals surface area contributed by atoms with Gasteiger partial charge in [0.05, 0.1) is 18.5 Å². The summed E-state index contributed by atoms with van der Waals surface area (Å²) in [4.78, 5) is 0. The molecule has 0 amide bonds. The fourth-order valence-corrected chi connectivity index (χ4v) is 1.37. The largest absolute Gasteiger partial charge is 0.392 e. The second kappa shape index (κ2) is 4.25. The predicted molar refractivity (Wildman–Crippen MR) is 57.4 cm³/mol. The smallest absolute Gasteiger partial charge is 0.0712 e. The second-order valence-electron chi connectivity index (χ2n) is 3.32. The van der Waals surface area contributed by atoms with Crippen molar-refractivity contribution in [2.75, 3.05) is 0 Å². The molecule has 0 unspecified atom stereocenters. The molecule has 0 saturated carbocycles. The van der Waals surface area contributed by atoms with Gasteiger partial charge in [-0.05, 0) is 17.7 Å². The summed E-state index contributed by atoms with van der Waals surface area (Å²) in [5.74, 6) is 0. The van der Waals surface area contributed by atoms with Gasteiger partial charge in [0.15, 0.2) is 0 Å². The van der Waals surface area contributed by atoms with Crippen LogP contribution in [0.25, 0.3) is 5.69 Å².